The molecule has 4 bridgehead atoms. The molecule has 3 rings (SSSR count). The number of carboxylic acids is 1. The second-order valence-corrected chi connectivity index (χ2v) is 16.5. The third-order valence-electron chi connectivity index (χ3n) is 11.5. The number of aliphatic carboxylic acids is 1. The highest BCUT2D eigenvalue weighted by Gasteiger charge is 2.33. The molecule has 0 aromatic heterocycles. The smallest absolute Gasteiger partial charge is 0.326 e. The molecule has 0 saturated carbocycles. The molecule has 1 aliphatic heterocycles. The van der Waals surface area contributed by atoms with Crippen molar-refractivity contribution in [2.75, 3.05) is 33.8 Å². The molecule has 0 spiro atoms. The number of phenolic OH excluding ortho intramolecular Hbond substituents is 2. The minimum atomic E-state index is -1.63. The van der Waals surface area contributed by atoms with Gasteiger partial charge in [-0.2, -0.15) is 0 Å². The molecule has 6 amide bonds. The Morgan fingerprint density at radius 3 is 2.03 bits per heavy atom. The van der Waals surface area contributed by atoms with Crippen LogP contribution in [0, 0.1) is 10.1 Å². The molecule has 2 aromatic carbocycles. The minimum Gasteiger partial charge on any atom is -0.507 e. The first-order valence-corrected chi connectivity index (χ1v) is 22.2. The van der Waals surface area contributed by atoms with Crippen molar-refractivity contribution in [2.24, 2.45) is 0 Å². The molecule has 0 saturated heterocycles. The number of aliphatic hydroxyl groups is 1. The van der Waals surface area contributed by atoms with E-state index in [0.29, 0.717) is 6.42 Å². The zero-order valence-corrected chi connectivity index (χ0v) is 37.7. The van der Waals surface area contributed by atoms with Crippen molar-refractivity contribution in [1.29, 1.82) is 0 Å². The number of carbonyl (C=O) groups excluding carboxylic acids is 6. The second-order valence-electron chi connectivity index (χ2n) is 16.5. The van der Waals surface area contributed by atoms with Crippen molar-refractivity contribution in [3.63, 3.8) is 0 Å². The van der Waals surface area contributed by atoms with E-state index >= 15 is 0 Å². The lowest BCUT2D eigenvalue weighted by Crippen LogP contribution is -2.55. The largest absolute Gasteiger partial charge is 0.507 e. The van der Waals surface area contributed by atoms with Crippen molar-refractivity contribution < 1.29 is 58.9 Å². The zero-order valence-electron chi connectivity index (χ0n) is 37.7. The molecule has 65 heavy (non-hydrogen) atoms. The van der Waals surface area contributed by atoms with Crippen molar-refractivity contribution in [3.05, 3.63) is 51.6 Å². The molecule has 0 fully saturated rings. The Balaban J connectivity index is 1.64. The van der Waals surface area contributed by atoms with E-state index in [2.05, 4.69) is 28.2 Å². The summed E-state index contributed by atoms with van der Waals surface area (Å²) in [7, 11) is 2.59. The first-order chi connectivity index (χ1) is 30.9. The number of hydrogen-bond donors (Lipinski definition) is 8. The number of unbranched alkanes of at least 4 members (excludes halogenated alkanes) is 12. The number of nitrogens with zero attached hydrogens (tertiary/aromatic N) is 3. The number of aromatic hydroxyl groups is 2. The van der Waals surface area contributed by atoms with E-state index in [4.69, 9.17) is 0 Å². The van der Waals surface area contributed by atoms with Crippen LogP contribution in [0.25, 0.3) is 11.1 Å². The lowest BCUT2D eigenvalue weighted by molar-refractivity contribution is -0.385. The molecule has 0 unspecified atom stereocenters. The van der Waals surface area contributed by atoms with Crippen LogP contribution >= 0.6 is 0 Å². The number of nitro groups is 1. The normalized spacial score (nSPS) is 15.9. The number of rotatable bonds is 24. The Labute approximate surface area is 378 Å². The maximum atomic E-state index is 13.7. The Morgan fingerprint density at radius 2 is 1.46 bits per heavy atom. The maximum absolute atomic E-state index is 13.7. The average molecular weight is 912 g/mol. The van der Waals surface area contributed by atoms with Crippen LogP contribution in [0.15, 0.2) is 30.3 Å². The molecule has 0 radical (unpaired) electrons. The maximum Gasteiger partial charge on any atom is 0.326 e. The first-order valence-electron chi connectivity index (χ1n) is 22.2. The molecule has 8 N–H and O–H groups in total. The van der Waals surface area contributed by atoms with Gasteiger partial charge in [-0.25, -0.2) is 4.79 Å². The summed E-state index contributed by atoms with van der Waals surface area (Å²) < 4.78 is 0. The standard InChI is InChI=1S/C45H65N7O13/c1-5-6-7-8-9-10-11-12-13-14-15-16-17-18-38(56)50(3)35(27-53)43(60)48-28(2)42(59)47-26-39(57)51(4)40-30-19-20-36(54)31(24-30)32-21-29(23-34(41(32)58)52(64)65)22-33(45(62)63)49-37(55)25-46-44(40)61/h19-21,23-24,28,33,35,40,53-54,58H,5-18,22,25-27H2,1-4H3,(H,46,61)(H,47,59)(H,48,60)(H,49,55)(H,62,63)/t28-,33+,35-,40+/m1/s1. The number of amides is 6. The van der Waals surface area contributed by atoms with Crippen LogP contribution in [0.2, 0.25) is 0 Å². The van der Waals surface area contributed by atoms with Crippen LogP contribution in [-0.2, 0) is 40.0 Å². The zero-order chi connectivity index (χ0) is 48.2. The van der Waals surface area contributed by atoms with Crippen LogP contribution in [0.5, 0.6) is 11.5 Å². The number of benzene rings is 2. The van der Waals surface area contributed by atoms with E-state index in [-0.39, 0.29) is 34.6 Å². The number of fused-ring (bicyclic) bond motifs is 5. The molecule has 20 nitrogen and oxygen atoms in total. The van der Waals surface area contributed by atoms with E-state index < -0.39 is 108 Å². The second kappa shape index (κ2) is 26.5. The van der Waals surface area contributed by atoms with Gasteiger partial charge in [0.25, 0.3) is 0 Å². The fraction of sp³-hybridized carbons (Fsp3) is 0.578. The van der Waals surface area contributed by atoms with E-state index in [1.54, 1.807) is 0 Å². The fourth-order valence-electron chi connectivity index (χ4n) is 7.56. The van der Waals surface area contributed by atoms with Gasteiger partial charge in [-0.05, 0) is 42.7 Å². The number of aliphatic hydroxyl groups excluding tert-OH is 1. The minimum absolute atomic E-state index is 0.000661. The quantitative estimate of drug-likeness (QED) is 0.0427. The molecular weight excluding hydrogens is 847 g/mol. The monoisotopic (exact) mass is 911 g/mol. The van der Waals surface area contributed by atoms with Gasteiger partial charge >= 0.3 is 11.7 Å². The number of nitro benzene ring substituents is 1. The Hall–Kier alpha value is -6.31. The number of nitrogens with one attached hydrogen (secondary N) is 4. The Bertz CT molecular complexity index is 2010. The summed E-state index contributed by atoms with van der Waals surface area (Å²) in [5, 5.41) is 62.9. The van der Waals surface area contributed by atoms with E-state index in [1.807, 2.05) is 0 Å². The summed E-state index contributed by atoms with van der Waals surface area (Å²) in [5.74, 6) is -7.66. The average Bonchev–Trinajstić information content (AvgIpc) is 3.26. The molecule has 2 aromatic rings. The van der Waals surface area contributed by atoms with Crippen molar-refractivity contribution in [3.8, 4) is 22.6 Å². The summed E-state index contributed by atoms with van der Waals surface area (Å²) in [5.41, 5.74) is -1.37. The van der Waals surface area contributed by atoms with Gasteiger partial charge in [-0.15, -0.1) is 0 Å². The Morgan fingerprint density at radius 1 is 0.862 bits per heavy atom. The third-order valence-corrected chi connectivity index (χ3v) is 11.5. The van der Waals surface area contributed by atoms with Gasteiger partial charge in [0.2, 0.25) is 41.2 Å². The van der Waals surface area contributed by atoms with E-state index in [9.17, 15) is 64.1 Å². The lowest BCUT2D eigenvalue weighted by atomic mass is 9.93. The molecule has 20 heteroatoms. The van der Waals surface area contributed by atoms with Gasteiger partial charge in [-0.1, -0.05) is 90.0 Å². The molecular formula is C45H65N7O13. The first kappa shape index (κ1) is 53.0. The highest BCUT2D eigenvalue weighted by atomic mass is 16.6. The third kappa shape index (κ3) is 16.0. The molecule has 4 atom stereocenters. The summed E-state index contributed by atoms with van der Waals surface area (Å²) in [4.78, 5) is 104. The molecule has 358 valence electrons. The fourth-order valence-corrected chi connectivity index (χ4v) is 7.56. The SMILES string of the molecule is CCCCCCCCCCCCCCCC(=O)N(C)[C@H](CO)C(=O)N[C@H](C)C(=O)NCC(=O)N(C)[C@@H]1C(=O)NCC(=O)N[C@H](C(=O)O)Cc2cc(c(O)c([N+](=O)[O-])c2)-c2cc1ccc2O. The molecule has 0 aliphatic carbocycles. The van der Waals surface area contributed by atoms with Crippen molar-refractivity contribution >= 4 is 47.1 Å². The van der Waals surface area contributed by atoms with E-state index in [1.165, 1.54) is 90.6 Å². The van der Waals surface area contributed by atoms with Crippen LogP contribution in [0.1, 0.15) is 121 Å². The van der Waals surface area contributed by atoms with E-state index in [0.717, 1.165) is 47.6 Å². The van der Waals surface area contributed by atoms with Gasteiger partial charge in [0.05, 0.1) is 24.6 Å². The van der Waals surface area contributed by atoms with Gasteiger partial charge in [0.1, 0.15) is 29.9 Å². The number of hydrogen-bond acceptors (Lipinski definition) is 12. The van der Waals surface area contributed by atoms with Crippen molar-refractivity contribution in [2.45, 2.75) is 134 Å². The summed E-state index contributed by atoms with van der Waals surface area (Å²) in [6.07, 6.45) is 14.6. The van der Waals surface area contributed by atoms with Crippen LogP contribution in [0.3, 0.4) is 0 Å². The van der Waals surface area contributed by atoms with Gasteiger partial charge in [0.15, 0.2) is 0 Å². The van der Waals surface area contributed by atoms with Crippen LogP contribution < -0.4 is 21.3 Å². The van der Waals surface area contributed by atoms with Gasteiger partial charge < -0.3 is 51.5 Å². The Kier molecular flexibility index (Phi) is 21.6. The van der Waals surface area contributed by atoms with Crippen LogP contribution in [0.4, 0.5) is 5.69 Å². The van der Waals surface area contributed by atoms with Gasteiger partial charge in [0, 0.05) is 44.1 Å². The highest BCUT2D eigenvalue weighted by Crippen LogP contribution is 2.43. The number of phenols is 2. The van der Waals surface area contributed by atoms with Crippen LogP contribution in [-0.4, -0.2) is 128 Å². The molecule has 1 aliphatic rings. The highest BCUT2D eigenvalue weighted by molar-refractivity contribution is 5.96. The number of likely N-dealkylation sites (N-methyl/N-ethyl adjacent to an activating group) is 2. The number of carboxylic acid groups (broad SMARTS) is 1. The summed E-state index contributed by atoms with van der Waals surface area (Å²) in [6.45, 7) is 1.35. The predicted octanol–water partition coefficient (Wildman–Crippen LogP) is 3.34. The lowest BCUT2D eigenvalue weighted by Gasteiger charge is -2.29. The van der Waals surface area contributed by atoms with Crippen molar-refractivity contribution in [1.82, 2.24) is 31.1 Å². The predicted molar refractivity (Wildman–Crippen MR) is 238 cm³/mol. The number of carbonyl (C=O) groups is 7. The summed E-state index contributed by atoms with van der Waals surface area (Å²) in [6, 6.07) is -0.111. The molecule has 1 heterocycles. The van der Waals surface area contributed by atoms with Gasteiger partial charge in [-0.3, -0.25) is 38.9 Å². The topological polar surface area (TPSA) is 298 Å². The summed E-state index contributed by atoms with van der Waals surface area (Å²) >= 11 is 0.